The van der Waals surface area contributed by atoms with E-state index in [1.54, 1.807) is 29.5 Å². The zero-order valence-corrected chi connectivity index (χ0v) is 14.0. The lowest BCUT2D eigenvalue weighted by Gasteiger charge is -2.23. The van der Waals surface area contributed by atoms with Crippen molar-refractivity contribution in [1.29, 1.82) is 0 Å². The molecule has 0 aliphatic rings. The Balaban J connectivity index is 2.13. The first kappa shape index (κ1) is 16.2. The SMILES string of the molecule is Cc1cccc(S(=O)(=O)NCC(c2cccs2)N(C)C)c1. The van der Waals surface area contributed by atoms with Crippen LogP contribution in [0, 0.1) is 6.92 Å². The van der Waals surface area contributed by atoms with E-state index in [9.17, 15) is 8.42 Å². The summed E-state index contributed by atoms with van der Waals surface area (Å²) in [6.45, 7) is 2.23. The molecule has 1 aromatic heterocycles. The van der Waals surface area contributed by atoms with Gasteiger partial charge in [0.2, 0.25) is 10.0 Å². The molecule has 0 saturated carbocycles. The van der Waals surface area contributed by atoms with Gasteiger partial charge in [0.1, 0.15) is 0 Å². The summed E-state index contributed by atoms with van der Waals surface area (Å²) in [5.74, 6) is 0. The van der Waals surface area contributed by atoms with Crippen molar-refractivity contribution in [1.82, 2.24) is 9.62 Å². The third-order valence-corrected chi connectivity index (χ3v) is 5.66. The highest BCUT2D eigenvalue weighted by Crippen LogP contribution is 2.23. The topological polar surface area (TPSA) is 49.4 Å². The average Bonchev–Trinajstić information content (AvgIpc) is 2.92. The third kappa shape index (κ3) is 4.14. The van der Waals surface area contributed by atoms with Crippen molar-refractivity contribution in [2.24, 2.45) is 0 Å². The molecule has 6 heteroatoms. The molecule has 0 fully saturated rings. The minimum absolute atomic E-state index is 0.0320. The van der Waals surface area contributed by atoms with Gasteiger partial charge in [-0.25, -0.2) is 13.1 Å². The molecule has 4 nitrogen and oxygen atoms in total. The Morgan fingerprint density at radius 1 is 1.24 bits per heavy atom. The fourth-order valence-electron chi connectivity index (χ4n) is 2.07. The van der Waals surface area contributed by atoms with Crippen LogP contribution in [0.2, 0.25) is 0 Å². The maximum absolute atomic E-state index is 12.4. The fraction of sp³-hybridized carbons (Fsp3) is 0.333. The molecular weight excluding hydrogens is 304 g/mol. The lowest BCUT2D eigenvalue weighted by atomic mass is 10.2. The first-order valence-corrected chi connectivity index (χ1v) is 9.02. The zero-order valence-electron chi connectivity index (χ0n) is 12.4. The standard InChI is InChI=1S/C15H20N2O2S2/c1-12-6-4-7-13(10-12)21(18,19)16-11-14(17(2)3)15-8-5-9-20-15/h4-10,14,16H,11H2,1-3H3. The van der Waals surface area contributed by atoms with Gasteiger partial charge in [-0.2, -0.15) is 0 Å². The van der Waals surface area contributed by atoms with Crippen molar-refractivity contribution in [3.8, 4) is 0 Å². The minimum Gasteiger partial charge on any atom is -0.300 e. The van der Waals surface area contributed by atoms with E-state index in [4.69, 9.17) is 0 Å². The molecule has 1 heterocycles. The summed E-state index contributed by atoms with van der Waals surface area (Å²) in [4.78, 5) is 3.48. The van der Waals surface area contributed by atoms with E-state index in [0.717, 1.165) is 10.4 Å². The number of thiophene rings is 1. The molecule has 0 aliphatic carbocycles. The van der Waals surface area contributed by atoms with Gasteiger partial charge < -0.3 is 4.90 Å². The number of aryl methyl sites for hydroxylation is 1. The van der Waals surface area contributed by atoms with Crippen molar-refractivity contribution in [2.75, 3.05) is 20.6 Å². The molecule has 114 valence electrons. The number of nitrogens with one attached hydrogen (secondary N) is 1. The van der Waals surface area contributed by atoms with Crippen molar-refractivity contribution in [3.63, 3.8) is 0 Å². The van der Waals surface area contributed by atoms with Crippen LogP contribution in [-0.2, 0) is 10.0 Å². The molecule has 0 spiro atoms. The molecular formula is C15H20N2O2S2. The summed E-state index contributed by atoms with van der Waals surface area (Å²) in [6, 6.07) is 11.0. The number of hydrogen-bond acceptors (Lipinski definition) is 4. The normalized spacial score (nSPS) is 13.5. The second-order valence-corrected chi connectivity index (χ2v) is 7.91. The Bertz CT molecular complexity index is 679. The third-order valence-electron chi connectivity index (χ3n) is 3.26. The molecule has 21 heavy (non-hydrogen) atoms. The monoisotopic (exact) mass is 324 g/mol. The van der Waals surface area contributed by atoms with Gasteiger partial charge >= 0.3 is 0 Å². The summed E-state index contributed by atoms with van der Waals surface area (Å²) >= 11 is 1.63. The van der Waals surface area contributed by atoms with E-state index in [0.29, 0.717) is 11.4 Å². The number of nitrogens with zero attached hydrogens (tertiary/aromatic N) is 1. The Morgan fingerprint density at radius 3 is 2.57 bits per heavy atom. The van der Waals surface area contributed by atoms with Gasteiger partial charge in [-0.05, 0) is 50.2 Å². The van der Waals surface area contributed by atoms with Gasteiger partial charge in [0.15, 0.2) is 0 Å². The first-order valence-electron chi connectivity index (χ1n) is 6.66. The lowest BCUT2D eigenvalue weighted by molar-refractivity contribution is 0.303. The second-order valence-electron chi connectivity index (χ2n) is 5.16. The van der Waals surface area contributed by atoms with Gasteiger partial charge in [-0.1, -0.05) is 18.2 Å². The van der Waals surface area contributed by atoms with Gasteiger partial charge in [0.25, 0.3) is 0 Å². The lowest BCUT2D eigenvalue weighted by Crippen LogP contribution is -2.34. The second kappa shape index (κ2) is 6.70. The van der Waals surface area contributed by atoms with E-state index in [2.05, 4.69) is 4.72 Å². The van der Waals surface area contributed by atoms with Crippen molar-refractivity contribution in [2.45, 2.75) is 17.9 Å². The molecule has 0 amide bonds. The molecule has 1 N–H and O–H groups in total. The molecule has 2 aromatic rings. The van der Waals surface area contributed by atoms with Crippen LogP contribution in [0.15, 0.2) is 46.7 Å². The van der Waals surface area contributed by atoms with E-state index < -0.39 is 10.0 Å². The van der Waals surface area contributed by atoms with E-state index in [1.165, 1.54) is 0 Å². The molecule has 1 atom stereocenters. The predicted octanol–water partition coefficient (Wildman–Crippen LogP) is 2.64. The van der Waals surface area contributed by atoms with Gasteiger partial charge in [-0.15, -0.1) is 11.3 Å². The Labute approximate surface area is 130 Å². The van der Waals surface area contributed by atoms with Gasteiger partial charge in [0, 0.05) is 11.4 Å². The maximum Gasteiger partial charge on any atom is 0.240 e. The van der Waals surface area contributed by atoms with Crippen LogP contribution in [-0.4, -0.2) is 34.0 Å². The highest BCUT2D eigenvalue weighted by atomic mass is 32.2. The fourth-order valence-corrected chi connectivity index (χ4v) is 4.14. The molecule has 0 bridgehead atoms. The Hall–Kier alpha value is -1.21. The molecule has 2 rings (SSSR count). The summed E-state index contributed by atoms with van der Waals surface area (Å²) < 4.78 is 27.4. The Kier molecular flexibility index (Phi) is 5.16. The van der Waals surface area contributed by atoms with Crippen LogP contribution in [0.5, 0.6) is 0 Å². The maximum atomic E-state index is 12.4. The summed E-state index contributed by atoms with van der Waals surface area (Å²) in [6.07, 6.45) is 0. The Morgan fingerprint density at radius 2 is 2.00 bits per heavy atom. The van der Waals surface area contributed by atoms with E-state index in [-0.39, 0.29) is 6.04 Å². The summed E-state index contributed by atoms with van der Waals surface area (Å²) in [5.41, 5.74) is 0.931. The number of hydrogen-bond donors (Lipinski definition) is 1. The smallest absolute Gasteiger partial charge is 0.240 e. The molecule has 1 unspecified atom stereocenters. The van der Waals surface area contributed by atoms with Crippen LogP contribution in [0.1, 0.15) is 16.5 Å². The van der Waals surface area contributed by atoms with Crippen molar-refractivity contribution < 1.29 is 8.42 Å². The van der Waals surface area contributed by atoms with E-state index >= 15 is 0 Å². The zero-order chi connectivity index (χ0) is 15.5. The van der Waals surface area contributed by atoms with Crippen LogP contribution in [0.3, 0.4) is 0 Å². The van der Waals surface area contributed by atoms with Crippen LogP contribution in [0.25, 0.3) is 0 Å². The first-order chi connectivity index (χ1) is 9.90. The molecule has 0 radical (unpaired) electrons. The highest BCUT2D eigenvalue weighted by molar-refractivity contribution is 7.89. The van der Waals surface area contributed by atoms with E-state index in [1.807, 2.05) is 49.5 Å². The number of rotatable bonds is 6. The minimum atomic E-state index is -3.47. The molecule has 1 aromatic carbocycles. The molecule has 0 aliphatic heterocycles. The van der Waals surface area contributed by atoms with Crippen molar-refractivity contribution in [3.05, 3.63) is 52.2 Å². The largest absolute Gasteiger partial charge is 0.300 e. The molecule has 0 saturated heterocycles. The van der Waals surface area contributed by atoms with Gasteiger partial charge in [0.05, 0.1) is 10.9 Å². The van der Waals surface area contributed by atoms with Gasteiger partial charge in [-0.3, -0.25) is 0 Å². The number of sulfonamides is 1. The van der Waals surface area contributed by atoms with Crippen LogP contribution < -0.4 is 4.72 Å². The quantitative estimate of drug-likeness (QED) is 0.889. The summed E-state index contributed by atoms with van der Waals surface area (Å²) in [7, 11) is 0.425. The highest BCUT2D eigenvalue weighted by Gasteiger charge is 2.20. The van der Waals surface area contributed by atoms with Crippen LogP contribution >= 0.6 is 11.3 Å². The van der Waals surface area contributed by atoms with Crippen molar-refractivity contribution >= 4 is 21.4 Å². The number of benzene rings is 1. The predicted molar refractivity (Wildman–Crippen MR) is 87.1 cm³/mol. The van der Waals surface area contributed by atoms with Crippen LogP contribution in [0.4, 0.5) is 0 Å². The summed E-state index contributed by atoms with van der Waals surface area (Å²) in [5, 5.41) is 2.00. The average molecular weight is 324 g/mol. The number of likely N-dealkylation sites (N-methyl/N-ethyl adjacent to an activating group) is 1.